The molecule has 0 heterocycles. The molecule has 0 aliphatic carbocycles. The minimum atomic E-state index is -0.215. The van der Waals surface area contributed by atoms with Gasteiger partial charge in [0.1, 0.15) is 11.9 Å². The largest absolute Gasteiger partial charge is 0.487 e. The summed E-state index contributed by atoms with van der Waals surface area (Å²) in [5.74, 6) is 0.336. The first-order valence-electron chi connectivity index (χ1n) is 6.36. The fourth-order valence-electron chi connectivity index (χ4n) is 1.44. The molecule has 4 nitrogen and oxygen atoms in total. The maximum absolute atomic E-state index is 11.7. The van der Waals surface area contributed by atoms with E-state index in [1.54, 1.807) is 19.1 Å². The SMILES string of the molecule is CC(CNC(=O)C(C)C(C)N)Oc1ccccc1Cl.Cl. The molecule has 3 N–H and O–H groups in total. The van der Waals surface area contributed by atoms with Gasteiger partial charge in [-0.3, -0.25) is 4.79 Å². The van der Waals surface area contributed by atoms with Gasteiger partial charge >= 0.3 is 0 Å². The van der Waals surface area contributed by atoms with Crippen LogP contribution in [0.4, 0.5) is 0 Å². The molecule has 0 spiro atoms. The molecule has 1 rings (SSSR count). The summed E-state index contributed by atoms with van der Waals surface area (Å²) in [4.78, 5) is 11.7. The molecule has 0 fully saturated rings. The maximum Gasteiger partial charge on any atom is 0.224 e. The first-order chi connectivity index (χ1) is 8.91. The molecular weight excluding hydrogens is 299 g/mol. The van der Waals surface area contributed by atoms with E-state index in [2.05, 4.69) is 5.32 Å². The smallest absolute Gasteiger partial charge is 0.224 e. The number of nitrogens with two attached hydrogens (primary N) is 1. The maximum atomic E-state index is 11.7. The Labute approximate surface area is 131 Å². The zero-order valence-corrected chi connectivity index (χ0v) is 13.5. The Hall–Kier alpha value is -0.970. The predicted molar refractivity (Wildman–Crippen MR) is 84.6 cm³/mol. The van der Waals surface area contributed by atoms with Crippen LogP contribution in [-0.2, 0) is 4.79 Å². The average Bonchev–Trinajstić information content (AvgIpc) is 2.37. The van der Waals surface area contributed by atoms with E-state index in [-0.39, 0.29) is 36.4 Å². The molecule has 1 amide bonds. The average molecular weight is 321 g/mol. The Morgan fingerprint density at radius 1 is 1.35 bits per heavy atom. The van der Waals surface area contributed by atoms with E-state index in [0.717, 1.165) is 0 Å². The summed E-state index contributed by atoms with van der Waals surface area (Å²) in [6.07, 6.45) is -0.163. The van der Waals surface area contributed by atoms with Gasteiger partial charge in [0.15, 0.2) is 0 Å². The molecule has 114 valence electrons. The molecule has 0 aliphatic heterocycles. The third kappa shape index (κ3) is 5.99. The van der Waals surface area contributed by atoms with Gasteiger partial charge in [-0.1, -0.05) is 30.7 Å². The Bertz CT molecular complexity index is 427. The lowest BCUT2D eigenvalue weighted by Crippen LogP contribution is -2.42. The second-order valence-electron chi connectivity index (χ2n) is 4.75. The molecule has 0 saturated heterocycles. The Morgan fingerprint density at radius 3 is 2.50 bits per heavy atom. The van der Waals surface area contributed by atoms with Crippen molar-refractivity contribution in [3.63, 3.8) is 0 Å². The fraction of sp³-hybridized carbons (Fsp3) is 0.500. The molecular formula is C14H22Cl2N2O2. The Kier molecular flexibility index (Phi) is 8.62. The Balaban J connectivity index is 0.00000361. The number of nitrogens with one attached hydrogen (secondary N) is 1. The molecule has 0 radical (unpaired) electrons. The zero-order chi connectivity index (χ0) is 14.4. The van der Waals surface area contributed by atoms with Gasteiger partial charge in [-0.05, 0) is 26.0 Å². The highest BCUT2D eigenvalue weighted by Gasteiger charge is 2.17. The first-order valence-corrected chi connectivity index (χ1v) is 6.74. The Morgan fingerprint density at radius 2 is 1.95 bits per heavy atom. The summed E-state index contributed by atoms with van der Waals surface area (Å²) in [5, 5.41) is 3.38. The van der Waals surface area contributed by atoms with Crippen LogP contribution in [0.2, 0.25) is 5.02 Å². The van der Waals surface area contributed by atoms with Gasteiger partial charge in [-0.25, -0.2) is 0 Å². The lowest BCUT2D eigenvalue weighted by molar-refractivity contribution is -0.125. The molecule has 0 bridgehead atoms. The highest BCUT2D eigenvalue weighted by Crippen LogP contribution is 2.23. The van der Waals surface area contributed by atoms with Crippen LogP contribution in [0.3, 0.4) is 0 Å². The van der Waals surface area contributed by atoms with Gasteiger partial charge in [-0.2, -0.15) is 0 Å². The zero-order valence-electron chi connectivity index (χ0n) is 11.9. The lowest BCUT2D eigenvalue weighted by atomic mass is 10.0. The van der Waals surface area contributed by atoms with Crippen LogP contribution in [0, 0.1) is 5.92 Å². The third-order valence-corrected chi connectivity index (χ3v) is 3.24. The minimum Gasteiger partial charge on any atom is -0.487 e. The van der Waals surface area contributed by atoms with Crippen LogP contribution in [-0.4, -0.2) is 24.6 Å². The highest BCUT2D eigenvalue weighted by atomic mass is 35.5. The molecule has 20 heavy (non-hydrogen) atoms. The van der Waals surface area contributed by atoms with Gasteiger partial charge in [0.25, 0.3) is 0 Å². The summed E-state index contributed by atoms with van der Waals surface area (Å²) >= 11 is 5.99. The van der Waals surface area contributed by atoms with Crippen molar-refractivity contribution in [1.29, 1.82) is 0 Å². The van der Waals surface area contributed by atoms with Crippen molar-refractivity contribution >= 4 is 29.9 Å². The number of hydrogen-bond acceptors (Lipinski definition) is 3. The molecule has 0 aliphatic rings. The predicted octanol–water partition coefficient (Wildman–Crippen LogP) is 2.63. The van der Waals surface area contributed by atoms with Crippen LogP contribution in [0.25, 0.3) is 0 Å². The van der Waals surface area contributed by atoms with E-state index < -0.39 is 0 Å². The van der Waals surface area contributed by atoms with Crippen LogP contribution in [0.5, 0.6) is 5.75 Å². The number of carbonyl (C=O) groups is 1. The summed E-state index contributed by atoms with van der Waals surface area (Å²) in [6.45, 7) is 5.91. The fourth-order valence-corrected chi connectivity index (χ4v) is 1.62. The number of hydrogen-bond donors (Lipinski definition) is 2. The molecule has 3 atom stereocenters. The van der Waals surface area contributed by atoms with E-state index in [1.165, 1.54) is 0 Å². The summed E-state index contributed by atoms with van der Waals surface area (Å²) < 4.78 is 5.66. The van der Waals surface area contributed by atoms with Crippen LogP contribution in [0.15, 0.2) is 24.3 Å². The van der Waals surface area contributed by atoms with Crippen molar-refractivity contribution in [2.24, 2.45) is 11.7 Å². The number of benzene rings is 1. The molecule has 1 aromatic carbocycles. The molecule has 6 heteroatoms. The first kappa shape index (κ1) is 19.0. The van der Waals surface area contributed by atoms with Gasteiger partial charge in [-0.15, -0.1) is 12.4 Å². The van der Waals surface area contributed by atoms with Crippen molar-refractivity contribution in [3.05, 3.63) is 29.3 Å². The van der Waals surface area contributed by atoms with E-state index in [9.17, 15) is 4.79 Å². The summed E-state index contributed by atoms with van der Waals surface area (Å²) in [7, 11) is 0. The van der Waals surface area contributed by atoms with Gasteiger partial charge in [0.2, 0.25) is 5.91 Å². The highest BCUT2D eigenvalue weighted by molar-refractivity contribution is 6.32. The van der Waals surface area contributed by atoms with Crippen LogP contribution >= 0.6 is 24.0 Å². The number of rotatable bonds is 6. The topological polar surface area (TPSA) is 64.4 Å². The van der Waals surface area contributed by atoms with E-state index in [0.29, 0.717) is 17.3 Å². The molecule has 1 aromatic rings. The van der Waals surface area contributed by atoms with Crippen molar-refractivity contribution in [2.75, 3.05) is 6.54 Å². The lowest BCUT2D eigenvalue weighted by Gasteiger charge is -2.19. The van der Waals surface area contributed by atoms with Crippen molar-refractivity contribution in [3.8, 4) is 5.75 Å². The third-order valence-electron chi connectivity index (χ3n) is 2.93. The number of para-hydroxylation sites is 1. The summed E-state index contributed by atoms with van der Waals surface area (Å²) in [5.41, 5.74) is 5.68. The van der Waals surface area contributed by atoms with Gasteiger partial charge < -0.3 is 15.8 Å². The normalized spacial score (nSPS) is 14.7. The van der Waals surface area contributed by atoms with Crippen molar-refractivity contribution < 1.29 is 9.53 Å². The minimum absolute atomic E-state index is 0. The quantitative estimate of drug-likeness (QED) is 0.846. The van der Waals surface area contributed by atoms with Gasteiger partial charge in [0.05, 0.1) is 11.6 Å². The standard InChI is InChI=1S/C14H21ClN2O2.ClH/c1-9(8-17-14(18)10(2)11(3)16)19-13-7-5-4-6-12(13)15;/h4-7,9-11H,8,16H2,1-3H3,(H,17,18);1H. The van der Waals surface area contributed by atoms with E-state index in [4.69, 9.17) is 22.1 Å². The second-order valence-corrected chi connectivity index (χ2v) is 5.16. The molecule has 0 saturated carbocycles. The molecule has 3 unspecified atom stereocenters. The van der Waals surface area contributed by atoms with E-state index in [1.807, 2.05) is 26.0 Å². The van der Waals surface area contributed by atoms with Crippen molar-refractivity contribution in [1.82, 2.24) is 5.32 Å². The monoisotopic (exact) mass is 320 g/mol. The van der Waals surface area contributed by atoms with Crippen LogP contribution in [0.1, 0.15) is 20.8 Å². The van der Waals surface area contributed by atoms with Crippen molar-refractivity contribution in [2.45, 2.75) is 32.9 Å². The molecule has 0 aromatic heterocycles. The number of carbonyl (C=O) groups excluding carboxylic acids is 1. The van der Waals surface area contributed by atoms with E-state index >= 15 is 0 Å². The van der Waals surface area contributed by atoms with Gasteiger partial charge in [0, 0.05) is 12.0 Å². The number of ether oxygens (including phenoxy) is 1. The van der Waals surface area contributed by atoms with Crippen LogP contribution < -0.4 is 15.8 Å². The summed E-state index contributed by atoms with van der Waals surface area (Å²) in [6, 6.07) is 7.09. The number of halogens is 2. The second kappa shape index (κ2) is 9.06. The number of amides is 1.